The summed E-state index contributed by atoms with van der Waals surface area (Å²) in [5.41, 5.74) is 13.0. The quantitative estimate of drug-likeness (QED) is 0.408. The maximum absolute atomic E-state index is 5.96. The molecule has 4 N–H and O–H groups in total. The SMILES string of the molecule is CI.COc1cc(C(C)C)c(Oc2cnc(N)nc2N)cc1-c1ncco1. The fraction of sp³-hybridized carbons (Fsp3) is 0.278. The summed E-state index contributed by atoms with van der Waals surface area (Å²) in [5.74, 6) is 2.40. The third-order valence-corrected chi connectivity index (χ3v) is 3.64. The van der Waals surface area contributed by atoms with Gasteiger partial charge in [-0.2, -0.15) is 4.98 Å². The molecule has 2 heterocycles. The van der Waals surface area contributed by atoms with E-state index in [1.807, 2.05) is 11.0 Å². The summed E-state index contributed by atoms with van der Waals surface area (Å²) in [6.45, 7) is 4.10. The molecule has 0 aliphatic heterocycles. The molecule has 0 radical (unpaired) electrons. The van der Waals surface area contributed by atoms with E-state index >= 15 is 0 Å². The minimum absolute atomic E-state index is 0.0872. The molecule has 3 aromatic rings. The Kier molecular flexibility index (Phi) is 7.22. The van der Waals surface area contributed by atoms with E-state index in [1.165, 1.54) is 12.5 Å². The van der Waals surface area contributed by atoms with Gasteiger partial charge in [0.15, 0.2) is 11.6 Å². The summed E-state index contributed by atoms with van der Waals surface area (Å²) >= 11 is 2.15. The van der Waals surface area contributed by atoms with E-state index in [9.17, 15) is 0 Å². The summed E-state index contributed by atoms with van der Waals surface area (Å²) in [5, 5.41) is 0. The molecule has 1 aromatic carbocycles. The lowest BCUT2D eigenvalue weighted by molar-refractivity contribution is 0.410. The average Bonchev–Trinajstić information content (AvgIpc) is 3.19. The van der Waals surface area contributed by atoms with Crippen molar-refractivity contribution in [2.45, 2.75) is 19.8 Å². The van der Waals surface area contributed by atoms with E-state index in [2.05, 4.69) is 51.4 Å². The van der Waals surface area contributed by atoms with Crippen molar-refractivity contribution in [3.05, 3.63) is 36.4 Å². The van der Waals surface area contributed by atoms with Crippen molar-refractivity contribution in [3.63, 3.8) is 0 Å². The van der Waals surface area contributed by atoms with Gasteiger partial charge in [-0.3, -0.25) is 0 Å². The first-order valence-corrected chi connectivity index (χ1v) is 10.2. The van der Waals surface area contributed by atoms with Gasteiger partial charge in [0, 0.05) is 5.56 Å². The third kappa shape index (κ3) is 4.79. The Hall–Kier alpha value is -2.56. The molecule has 0 spiro atoms. The molecule has 8 nitrogen and oxygen atoms in total. The van der Waals surface area contributed by atoms with Crippen molar-refractivity contribution >= 4 is 34.4 Å². The summed E-state index contributed by atoms with van der Waals surface area (Å²) in [6, 6.07) is 3.70. The van der Waals surface area contributed by atoms with Crippen LogP contribution in [0.15, 0.2) is 35.2 Å². The Labute approximate surface area is 171 Å². The lowest BCUT2D eigenvalue weighted by atomic mass is 9.99. The number of anilines is 2. The molecule has 3 rings (SSSR count). The van der Waals surface area contributed by atoms with Crippen molar-refractivity contribution in [1.82, 2.24) is 15.0 Å². The fourth-order valence-corrected chi connectivity index (χ4v) is 2.40. The Morgan fingerprint density at radius 1 is 1.07 bits per heavy atom. The van der Waals surface area contributed by atoms with Gasteiger partial charge in [-0.05, 0) is 23.0 Å². The summed E-state index contributed by atoms with van der Waals surface area (Å²) in [6.07, 6.45) is 4.51. The van der Waals surface area contributed by atoms with Crippen LogP contribution in [0.1, 0.15) is 25.3 Å². The van der Waals surface area contributed by atoms with Crippen LogP contribution >= 0.6 is 22.6 Å². The van der Waals surface area contributed by atoms with Crippen LogP contribution in [0.5, 0.6) is 17.2 Å². The maximum Gasteiger partial charge on any atom is 0.229 e. The second-order valence-electron chi connectivity index (χ2n) is 5.66. The van der Waals surface area contributed by atoms with E-state index in [0.717, 1.165) is 5.56 Å². The third-order valence-electron chi connectivity index (χ3n) is 3.64. The highest BCUT2D eigenvalue weighted by Crippen LogP contribution is 2.40. The number of ether oxygens (including phenoxy) is 2. The van der Waals surface area contributed by atoms with Gasteiger partial charge in [0.05, 0.1) is 25.1 Å². The van der Waals surface area contributed by atoms with E-state index in [-0.39, 0.29) is 17.7 Å². The number of methoxy groups -OCH3 is 1. The summed E-state index contributed by atoms with van der Waals surface area (Å²) < 4.78 is 16.8. The molecule has 0 aliphatic rings. The zero-order valence-electron chi connectivity index (χ0n) is 15.6. The molecule has 0 saturated heterocycles. The van der Waals surface area contributed by atoms with Crippen LogP contribution in [0.25, 0.3) is 11.5 Å². The van der Waals surface area contributed by atoms with Crippen LogP contribution in [0, 0.1) is 0 Å². The maximum atomic E-state index is 5.96. The zero-order valence-corrected chi connectivity index (χ0v) is 17.7. The predicted molar refractivity (Wildman–Crippen MR) is 113 cm³/mol. The van der Waals surface area contributed by atoms with Crippen LogP contribution in [0.4, 0.5) is 11.8 Å². The smallest absolute Gasteiger partial charge is 0.229 e. The number of oxazole rings is 1. The molecule has 144 valence electrons. The first-order chi connectivity index (χ1) is 13.0. The van der Waals surface area contributed by atoms with Crippen LogP contribution in [0.3, 0.4) is 0 Å². The van der Waals surface area contributed by atoms with Gasteiger partial charge in [-0.1, -0.05) is 36.4 Å². The van der Waals surface area contributed by atoms with Crippen LogP contribution in [0.2, 0.25) is 0 Å². The summed E-state index contributed by atoms with van der Waals surface area (Å²) in [4.78, 5) is 14.0. The summed E-state index contributed by atoms with van der Waals surface area (Å²) in [7, 11) is 1.60. The monoisotopic (exact) mass is 483 g/mol. The molecule has 0 amide bonds. The van der Waals surface area contributed by atoms with Crippen LogP contribution < -0.4 is 20.9 Å². The fourth-order valence-electron chi connectivity index (χ4n) is 2.40. The number of nitrogen functional groups attached to an aromatic ring is 2. The van der Waals surface area contributed by atoms with Crippen LogP contribution in [-0.4, -0.2) is 27.0 Å². The van der Waals surface area contributed by atoms with E-state index in [1.54, 1.807) is 19.4 Å². The highest BCUT2D eigenvalue weighted by atomic mass is 127. The van der Waals surface area contributed by atoms with Crippen molar-refractivity contribution in [2.75, 3.05) is 23.5 Å². The van der Waals surface area contributed by atoms with E-state index in [0.29, 0.717) is 28.7 Å². The molecular weight excluding hydrogens is 461 g/mol. The molecule has 2 aromatic heterocycles. The lowest BCUT2D eigenvalue weighted by Gasteiger charge is -2.17. The zero-order chi connectivity index (χ0) is 20.0. The largest absolute Gasteiger partial charge is 0.496 e. The van der Waals surface area contributed by atoms with Gasteiger partial charge in [0.2, 0.25) is 11.8 Å². The number of benzene rings is 1. The Morgan fingerprint density at radius 3 is 2.37 bits per heavy atom. The number of rotatable bonds is 5. The highest BCUT2D eigenvalue weighted by Gasteiger charge is 2.19. The van der Waals surface area contributed by atoms with Crippen molar-refractivity contribution < 1.29 is 13.9 Å². The average molecular weight is 483 g/mol. The highest BCUT2D eigenvalue weighted by molar-refractivity contribution is 14.1. The first-order valence-electron chi connectivity index (χ1n) is 8.05. The number of nitrogens with two attached hydrogens (primary N) is 2. The Bertz CT molecular complexity index is 885. The molecular formula is C18H22IN5O3. The molecule has 0 unspecified atom stereocenters. The molecule has 0 atom stereocenters. The van der Waals surface area contributed by atoms with Gasteiger partial charge in [-0.25, -0.2) is 9.97 Å². The molecule has 0 aliphatic carbocycles. The predicted octanol–water partition coefficient (Wildman–Crippen LogP) is 4.27. The second kappa shape index (κ2) is 9.40. The Balaban J connectivity index is 0.00000126. The molecule has 0 fully saturated rings. The van der Waals surface area contributed by atoms with Crippen LogP contribution in [-0.2, 0) is 0 Å². The molecule has 0 saturated carbocycles. The van der Waals surface area contributed by atoms with Crippen molar-refractivity contribution in [3.8, 4) is 28.7 Å². The van der Waals surface area contributed by atoms with E-state index in [4.69, 9.17) is 25.4 Å². The van der Waals surface area contributed by atoms with Gasteiger partial charge in [0.1, 0.15) is 17.8 Å². The van der Waals surface area contributed by atoms with E-state index < -0.39 is 0 Å². The first kappa shape index (κ1) is 20.7. The number of aromatic nitrogens is 3. The lowest BCUT2D eigenvalue weighted by Crippen LogP contribution is -2.03. The molecule has 9 heteroatoms. The topological polar surface area (TPSA) is 122 Å². The number of halogens is 1. The van der Waals surface area contributed by atoms with Gasteiger partial charge >= 0.3 is 0 Å². The van der Waals surface area contributed by atoms with Gasteiger partial charge in [0.25, 0.3) is 0 Å². The number of hydrogen-bond donors (Lipinski definition) is 2. The standard InChI is InChI=1S/C17H19N5O3.CH3I/c1-9(2)10-6-12(23-3)11(16-20-4-5-24-16)7-13(10)25-14-8-21-17(19)22-15(14)18;1-2/h4-9H,1-3H3,(H4,18,19,21,22);1H3. The van der Waals surface area contributed by atoms with Gasteiger partial charge in [-0.15, -0.1) is 0 Å². The van der Waals surface area contributed by atoms with Crippen molar-refractivity contribution in [1.29, 1.82) is 0 Å². The minimum atomic E-state index is 0.0872. The van der Waals surface area contributed by atoms with Gasteiger partial charge < -0.3 is 25.4 Å². The number of alkyl halides is 1. The minimum Gasteiger partial charge on any atom is -0.496 e. The Morgan fingerprint density at radius 2 is 1.81 bits per heavy atom. The molecule has 0 bridgehead atoms. The molecule has 27 heavy (non-hydrogen) atoms. The number of nitrogens with zero attached hydrogens (tertiary/aromatic N) is 3. The number of hydrogen-bond acceptors (Lipinski definition) is 8. The van der Waals surface area contributed by atoms with Crippen molar-refractivity contribution in [2.24, 2.45) is 0 Å². The normalized spacial score (nSPS) is 10.3. The second-order valence-corrected chi connectivity index (χ2v) is 5.66.